The molecule has 2 atom stereocenters. The van der Waals surface area contributed by atoms with Gasteiger partial charge in [0.2, 0.25) is 5.95 Å². The summed E-state index contributed by atoms with van der Waals surface area (Å²) < 4.78 is 0. The summed E-state index contributed by atoms with van der Waals surface area (Å²) in [4.78, 5) is 8.32. The molecule has 1 aromatic rings. The van der Waals surface area contributed by atoms with Crippen molar-refractivity contribution in [2.75, 3.05) is 23.8 Å². The molecule has 7 heteroatoms. The standard InChI is InChI=1S/C12H21ClN4O2/c1-3-8(6-18)15-11-10(13)5-14-12(17-11)16-9(4-2)7-19/h5,8-9,18-19H,3-4,6-7H2,1-2H3,(H2,14,15,16,17). The number of nitrogens with one attached hydrogen (secondary N) is 2. The van der Waals surface area contributed by atoms with Gasteiger partial charge in [0, 0.05) is 0 Å². The van der Waals surface area contributed by atoms with Gasteiger partial charge in [0.05, 0.1) is 31.5 Å². The summed E-state index contributed by atoms with van der Waals surface area (Å²) in [5.74, 6) is 0.883. The molecule has 1 aromatic heterocycles. The average Bonchev–Trinajstić information content (AvgIpc) is 2.44. The van der Waals surface area contributed by atoms with Gasteiger partial charge in [-0.1, -0.05) is 25.4 Å². The van der Waals surface area contributed by atoms with Crippen molar-refractivity contribution in [1.82, 2.24) is 9.97 Å². The highest BCUT2D eigenvalue weighted by Crippen LogP contribution is 2.21. The summed E-state index contributed by atoms with van der Waals surface area (Å²) in [6, 6.07) is -0.186. The normalized spacial score (nSPS) is 13.9. The molecule has 19 heavy (non-hydrogen) atoms. The molecule has 0 radical (unpaired) electrons. The molecule has 0 saturated heterocycles. The van der Waals surface area contributed by atoms with Gasteiger partial charge in [0.15, 0.2) is 5.82 Å². The highest BCUT2D eigenvalue weighted by molar-refractivity contribution is 6.32. The van der Waals surface area contributed by atoms with Gasteiger partial charge in [-0.05, 0) is 12.8 Å². The van der Waals surface area contributed by atoms with E-state index in [2.05, 4.69) is 20.6 Å². The van der Waals surface area contributed by atoms with Crippen LogP contribution < -0.4 is 10.6 Å². The Morgan fingerprint density at radius 2 is 1.74 bits per heavy atom. The number of rotatable bonds is 8. The number of aliphatic hydroxyl groups is 2. The van der Waals surface area contributed by atoms with E-state index in [1.54, 1.807) is 0 Å². The SMILES string of the molecule is CCC(CO)Nc1ncc(Cl)c(NC(CC)CO)n1. The predicted molar refractivity (Wildman–Crippen MR) is 76.6 cm³/mol. The van der Waals surface area contributed by atoms with Crippen LogP contribution in [-0.2, 0) is 0 Å². The van der Waals surface area contributed by atoms with Crippen LogP contribution in [0.15, 0.2) is 6.20 Å². The Labute approximate surface area is 118 Å². The molecule has 4 N–H and O–H groups in total. The zero-order valence-electron chi connectivity index (χ0n) is 11.2. The molecule has 2 unspecified atom stereocenters. The number of aliphatic hydroxyl groups excluding tert-OH is 2. The summed E-state index contributed by atoms with van der Waals surface area (Å²) in [5.41, 5.74) is 0. The van der Waals surface area contributed by atoms with Crippen LogP contribution in [0.5, 0.6) is 0 Å². The Bertz CT molecular complexity index is 384. The highest BCUT2D eigenvalue weighted by atomic mass is 35.5. The zero-order chi connectivity index (χ0) is 14.3. The van der Waals surface area contributed by atoms with Crippen LogP contribution in [0.1, 0.15) is 26.7 Å². The van der Waals surface area contributed by atoms with Gasteiger partial charge in [-0.25, -0.2) is 4.98 Å². The van der Waals surface area contributed by atoms with Gasteiger partial charge in [0.25, 0.3) is 0 Å². The molecule has 108 valence electrons. The number of hydrogen-bond donors (Lipinski definition) is 4. The van der Waals surface area contributed by atoms with Crippen molar-refractivity contribution in [3.63, 3.8) is 0 Å². The van der Waals surface area contributed by atoms with E-state index in [1.807, 2.05) is 13.8 Å². The molecular weight excluding hydrogens is 268 g/mol. The van der Waals surface area contributed by atoms with Crippen molar-refractivity contribution in [2.45, 2.75) is 38.8 Å². The number of aromatic nitrogens is 2. The van der Waals surface area contributed by atoms with Crippen molar-refractivity contribution < 1.29 is 10.2 Å². The van der Waals surface area contributed by atoms with Crippen molar-refractivity contribution >= 4 is 23.4 Å². The van der Waals surface area contributed by atoms with E-state index < -0.39 is 0 Å². The maximum atomic E-state index is 9.17. The molecular formula is C12H21ClN4O2. The minimum atomic E-state index is -0.0972. The second-order valence-corrected chi connectivity index (χ2v) is 4.66. The number of nitrogens with zero attached hydrogens (tertiary/aromatic N) is 2. The average molecular weight is 289 g/mol. The van der Waals surface area contributed by atoms with Crippen LogP contribution in [0.4, 0.5) is 11.8 Å². The van der Waals surface area contributed by atoms with Crippen LogP contribution >= 0.6 is 11.6 Å². The first-order chi connectivity index (χ1) is 9.14. The second kappa shape index (κ2) is 8.14. The molecule has 0 saturated carbocycles. The highest BCUT2D eigenvalue weighted by Gasteiger charge is 2.12. The summed E-state index contributed by atoms with van der Waals surface area (Å²) in [5, 5.41) is 24.8. The topological polar surface area (TPSA) is 90.3 Å². The molecule has 0 aromatic carbocycles. The first-order valence-electron chi connectivity index (χ1n) is 6.41. The van der Waals surface area contributed by atoms with E-state index in [4.69, 9.17) is 16.7 Å². The van der Waals surface area contributed by atoms with E-state index in [0.29, 0.717) is 16.8 Å². The molecule has 0 spiro atoms. The van der Waals surface area contributed by atoms with Crippen LogP contribution in [0, 0.1) is 0 Å². The fraction of sp³-hybridized carbons (Fsp3) is 0.667. The van der Waals surface area contributed by atoms with E-state index in [-0.39, 0.29) is 25.3 Å². The lowest BCUT2D eigenvalue weighted by Gasteiger charge is -2.18. The molecule has 0 aliphatic rings. The lowest BCUT2D eigenvalue weighted by atomic mass is 10.2. The summed E-state index contributed by atoms with van der Waals surface area (Å²) in [7, 11) is 0. The number of hydrogen-bond acceptors (Lipinski definition) is 6. The fourth-order valence-corrected chi connectivity index (χ4v) is 1.61. The van der Waals surface area contributed by atoms with E-state index >= 15 is 0 Å². The molecule has 1 heterocycles. The Morgan fingerprint density at radius 3 is 2.26 bits per heavy atom. The summed E-state index contributed by atoms with van der Waals surface area (Å²) in [6.07, 6.45) is 3.01. The largest absolute Gasteiger partial charge is 0.394 e. The van der Waals surface area contributed by atoms with E-state index in [0.717, 1.165) is 12.8 Å². The first kappa shape index (κ1) is 15.9. The maximum absolute atomic E-state index is 9.17. The molecule has 0 amide bonds. The quantitative estimate of drug-likeness (QED) is 0.579. The molecule has 6 nitrogen and oxygen atoms in total. The molecule has 0 bridgehead atoms. The Kier molecular flexibility index (Phi) is 6.83. The molecule has 0 aliphatic carbocycles. The summed E-state index contributed by atoms with van der Waals surface area (Å²) in [6.45, 7) is 3.94. The van der Waals surface area contributed by atoms with Crippen molar-refractivity contribution in [1.29, 1.82) is 0 Å². The molecule has 0 fully saturated rings. The smallest absolute Gasteiger partial charge is 0.224 e. The van der Waals surface area contributed by atoms with Gasteiger partial charge in [-0.2, -0.15) is 4.98 Å². The van der Waals surface area contributed by atoms with Crippen LogP contribution in [0.2, 0.25) is 5.02 Å². The van der Waals surface area contributed by atoms with Gasteiger partial charge in [-0.3, -0.25) is 0 Å². The first-order valence-corrected chi connectivity index (χ1v) is 6.79. The van der Waals surface area contributed by atoms with Crippen molar-refractivity contribution in [3.05, 3.63) is 11.2 Å². The third kappa shape index (κ3) is 4.81. The van der Waals surface area contributed by atoms with Crippen molar-refractivity contribution in [2.24, 2.45) is 0 Å². The van der Waals surface area contributed by atoms with Gasteiger partial charge >= 0.3 is 0 Å². The lowest BCUT2D eigenvalue weighted by molar-refractivity contribution is 0.271. The minimum Gasteiger partial charge on any atom is -0.394 e. The van der Waals surface area contributed by atoms with Crippen molar-refractivity contribution in [3.8, 4) is 0 Å². The van der Waals surface area contributed by atoms with Gasteiger partial charge in [-0.15, -0.1) is 0 Å². The van der Waals surface area contributed by atoms with Crippen LogP contribution in [0.3, 0.4) is 0 Å². The lowest BCUT2D eigenvalue weighted by Crippen LogP contribution is -2.26. The van der Waals surface area contributed by atoms with Crippen LogP contribution in [0.25, 0.3) is 0 Å². The third-order valence-corrected chi connectivity index (χ3v) is 3.12. The molecule has 1 rings (SSSR count). The van der Waals surface area contributed by atoms with Gasteiger partial charge < -0.3 is 20.8 Å². The Balaban J connectivity index is 2.81. The monoisotopic (exact) mass is 288 g/mol. The Morgan fingerprint density at radius 1 is 1.16 bits per heavy atom. The van der Waals surface area contributed by atoms with E-state index in [9.17, 15) is 5.11 Å². The molecule has 0 aliphatic heterocycles. The zero-order valence-corrected chi connectivity index (χ0v) is 12.0. The fourth-order valence-electron chi connectivity index (χ4n) is 1.47. The summed E-state index contributed by atoms with van der Waals surface area (Å²) >= 11 is 6.01. The number of halogens is 1. The van der Waals surface area contributed by atoms with Crippen LogP contribution in [-0.4, -0.2) is 45.5 Å². The Hall–Kier alpha value is -1.11. The minimum absolute atomic E-state index is 0.00776. The third-order valence-electron chi connectivity index (χ3n) is 2.84. The number of anilines is 2. The van der Waals surface area contributed by atoms with Gasteiger partial charge in [0.1, 0.15) is 5.02 Å². The second-order valence-electron chi connectivity index (χ2n) is 4.25. The maximum Gasteiger partial charge on any atom is 0.224 e. The van der Waals surface area contributed by atoms with E-state index in [1.165, 1.54) is 6.20 Å². The predicted octanol–water partition coefficient (Wildman–Crippen LogP) is 1.50.